The highest BCUT2D eigenvalue weighted by atomic mass is 35.5. The van der Waals surface area contributed by atoms with E-state index in [2.05, 4.69) is 5.32 Å². The molecule has 1 amide bonds. The quantitative estimate of drug-likeness (QED) is 0.863. The number of rotatable bonds is 6. The van der Waals surface area contributed by atoms with Gasteiger partial charge in [-0.2, -0.15) is 0 Å². The molecule has 2 aromatic rings. The summed E-state index contributed by atoms with van der Waals surface area (Å²) in [4.78, 5) is 22.8. The normalized spacial score (nSPS) is 11.5. The number of benzene rings is 2. The maximum absolute atomic E-state index is 12.2. The third-order valence-electron chi connectivity index (χ3n) is 3.17. The Balaban J connectivity index is 2.05. The van der Waals surface area contributed by atoms with Crippen molar-refractivity contribution in [2.75, 3.05) is 12.4 Å². The summed E-state index contributed by atoms with van der Waals surface area (Å²) in [6, 6.07) is 11.0. The monoisotopic (exact) mass is 348 g/mol. The Morgan fingerprint density at radius 2 is 1.83 bits per heavy atom. The van der Waals surface area contributed by atoms with Crippen molar-refractivity contribution in [3.8, 4) is 11.5 Å². The summed E-state index contributed by atoms with van der Waals surface area (Å²) < 4.78 is 10.2. The minimum absolute atomic E-state index is 0.329. The van der Waals surface area contributed by atoms with Crippen LogP contribution in [0.5, 0.6) is 11.5 Å². The molecule has 0 aromatic heterocycles. The number of carboxylic acid groups (broad SMARTS) is 1. The van der Waals surface area contributed by atoms with Crippen LogP contribution in [0.15, 0.2) is 42.5 Å². The van der Waals surface area contributed by atoms with Crippen LogP contribution >= 0.6 is 11.6 Å². The maximum atomic E-state index is 12.2. The Bertz CT molecular complexity index is 745. The van der Waals surface area contributed by atoms with Gasteiger partial charge < -0.3 is 24.7 Å². The first-order valence-electron chi connectivity index (χ1n) is 7.03. The molecule has 0 unspecified atom stereocenters. The molecule has 0 aliphatic rings. The Morgan fingerprint density at radius 3 is 2.38 bits per heavy atom. The minimum Gasteiger partial charge on any atom is -0.546 e. The van der Waals surface area contributed by atoms with E-state index in [0.29, 0.717) is 27.8 Å². The van der Waals surface area contributed by atoms with Crippen LogP contribution in [0.3, 0.4) is 0 Å². The smallest absolute Gasteiger partial charge is 0.255 e. The summed E-state index contributed by atoms with van der Waals surface area (Å²) in [7, 11) is 1.50. The van der Waals surface area contributed by atoms with Gasteiger partial charge in [0, 0.05) is 11.3 Å². The molecule has 126 valence electrons. The lowest BCUT2D eigenvalue weighted by Crippen LogP contribution is -2.37. The predicted octanol–water partition coefficient (Wildman–Crippen LogP) is 2.12. The Hall–Kier alpha value is -2.73. The van der Waals surface area contributed by atoms with E-state index in [1.165, 1.54) is 38.3 Å². The number of halogens is 1. The van der Waals surface area contributed by atoms with Gasteiger partial charge in [0.25, 0.3) is 5.91 Å². The van der Waals surface area contributed by atoms with Crippen LogP contribution < -0.4 is 19.9 Å². The fourth-order valence-corrected chi connectivity index (χ4v) is 2.14. The van der Waals surface area contributed by atoms with Crippen molar-refractivity contribution in [1.82, 2.24) is 0 Å². The summed E-state index contributed by atoms with van der Waals surface area (Å²) in [5.41, 5.74) is 0.909. The van der Waals surface area contributed by atoms with Crippen molar-refractivity contribution in [3.63, 3.8) is 0 Å². The first-order valence-corrected chi connectivity index (χ1v) is 7.41. The second-order valence-electron chi connectivity index (χ2n) is 4.91. The van der Waals surface area contributed by atoms with Gasteiger partial charge in [0.2, 0.25) is 0 Å². The second kappa shape index (κ2) is 7.70. The standard InChI is InChI=1S/C17H16ClNO5/c1-10(17(21)22)24-13-6-3-11(4-7-13)16(20)19-12-5-8-15(23-2)14(18)9-12/h3-10H,1-2H3,(H,19,20)(H,21,22)/p-1/t10-/m0/s1. The largest absolute Gasteiger partial charge is 0.546 e. The van der Waals surface area contributed by atoms with Gasteiger partial charge in [-0.05, 0) is 49.4 Å². The van der Waals surface area contributed by atoms with Crippen molar-refractivity contribution in [2.45, 2.75) is 13.0 Å². The molecular weight excluding hydrogens is 334 g/mol. The molecule has 0 radical (unpaired) electrons. The van der Waals surface area contributed by atoms with Crippen molar-refractivity contribution in [2.24, 2.45) is 0 Å². The Kier molecular flexibility index (Phi) is 5.65. The number of carbonyl (C=O) groups excluding carboxylic acids is 2. The summed E-state index contributed by atoms with van der Waals surface area (Å²) in [6.45, 7) is 1.36. The van der Waals surface area contributed by atoms with Crippen molar-refractivity contribution in [1.29, 1.82) is 0 Å². The molecule has 0 saturated carbocycles. The molecule has 2 rings (SSSR count). The topological polar surface area (TPSA) is 87.7 Å². The average Bonchev–Trinajstić information content (AvgIpc) is 2.55. The molecule has 0 saturated heterocycles. The van der Waals surface area contributed by atoms with E-state index in [1.807, 2.05) is 0 Å². The lowest BCUT2D eigenvalue weighted by Gasteiger charge is -2.15. The number of aliphatic carboxylic acids is 1. The van der Waals surface area contributed by atoms with Gasteiger partial charge in [-0.3, -0.25) is 4.79 Å². The second-order valence-corrected chi connectivity index (χ2v) is 5.31. The molecule has 1 atom stereocenters. The van der Waals surface area contributed by atoms with Gasteiger partial charge in [-0.25, -0.2) is 0 Å². The van der Waals surface area contributed by atoms with Crippen LogP contribution in [0.25, 0.3) is 0 Å². The number of carboxylic acids is 1. The zero-order chi connectivity index (χ0) is 17.7. The minimum atomic E-state index is -1.31. The Labute approximate surface area is 144 Å². The van der Waals surface area contributed by atoms with Crippen molar-refractivity contribution in [3.05, 3.63) is 53.1 Å². The first-order chi connectivity index (χ1) is 11.4. The van der Waals surface area contributed by atoms with E-state index < -0.39 is 12.1 Å². The number of methoxy groups -OCH3 is 1. The number of carbonyl (C=O) groups is 2. The van der Waals surface area contributed by atoms with E-state index in [0.717, 1.165) is 0 Å². The van der Waals surface area contributed by atoms with Crippen LogP contribution in [-0.4, -0.2) is 25.1 Å². The summed E-state index contributed by atoms with van der Waals surface area (Å²) >= 11 is 6.01. The molecule has 6 nitrogen and oxygen atoms in total. The van der Waals surface area contributed by atoms with Crippen molar-refractivity contribution < 1.29 is 24.2 Å². The molecule has 0 aliphatic carbocycles. The summed E-state index contributed by atoms with van der Waals surface area (Å²) in [5.74, 6) is -0.808. The van der Waals surface area contributed by atoms with Gasteiger partial charge in [0.15, 0.2) is 0 Å². The van der Waals surface area contributed by atoms with Gasteiger partial charge in [0.05, 0.1) is 18.1 Å². The molecule has 0 bridgehead atoms. The van der Waals surface area contributed by atoms with E-state index in [4.69, 9.17) is 21.1 Å². The zero-order valence-electron chi connectivity index (χ0n) is 13.0. The number of ether oxygens (including phenoxy) is 2. The van der Waals surface area contributed by atoms with E-state index in [9.17, 15) is 14.7 Å². The zero-order valence-corrected chi connectivity index (χ0v) is 13.8. The van der Waals surface area contributed by atoms with E-state index >= 15 is 0 Å². The van der Waals surface area contributed by atoms with Gasteiger partial charge in [0.1, 0.15) is 17.6 Å². The van der Waals surface area contributed by atoms with Crippen LogP contribution in [-0.2, 0) is 4.79 Å². The highest BCUT2D eigenvalue weighted by Gasteiger charge is 2.10. The number of hydrogen-bond donors (Lipinski definition) is 1. The highest BCUT2D eigenvalue weighted by Crippen LogP contribution is 2.27. The van der Waals surface area contributed by atoms with Crippen LogP contribution in [0.4, 0.5) is 5.69 Å². The predicted molar refractivity (Wildman–Crippen MR) is 87.5 cm³/mol. The number of hydrogen-bond acceptors (Lipinski definition) is 5. The number of amides is 1. The van der Waals surface area contributed by atoms with E-state index in [-0.39, 0.29) is 5.91 Å². The fourth-order valence-electron chi connectivity index (χ4n) is 1.88. The van der Waals surface area contributed by atoms with E-state index in [1.54, 1.807) is 18.2 Å². The molecule has 0 fully saturated rings. The SMILES string of the molecule is COc1ccc(NC(=O)c2ccc(O[C@@H](C)C(=O)[O-])cc2)cc1Cl. The lowest BCUT2D eigenvalue weighted by atomic mass is 10.2. The maximum Gasteiger partial charge on any atom is 0.255 e. The lowest BCUT2D eigenvalue weighted by molar-refractivity contribution is -0.312. The highest BCUT2D eigenvalue weighted by molar-refractivity contribution is 6.32. The summed E-state index contributed by atoms with van der Waals surface area (Å²) in [6.07, 6.45) is -1.08. The molecule has 0 heterocycles. The van der Waals surface area contributed by atoms with Crippen LogP contribution in [0.1, 0.15) is 17.3 Å². The average molecular weight is 349 g/mol. The number of nitrogens with one attached hydrogen (secondary N) is 1. The molecular formula is C17H15ClNO5-. The number of anilines is 1. The fraction of sp³-hybridized carbons (Fsp3) is 0.176. The first kappa shape index (κ1) is 17.6. The molecule has 0 aliphatic heterocycles. The van der Waals surface area contributed by atoms with Gasteiger partial charge in [-0.1, -0.05) is 11.6 Å². The Morgan fingerprint density at radius 1 is 1.17 bits per heavy atom. The molecule has 24 heavy (non-hydrogen) atoms. The van der Waals surface area contributed by atoms with Crippen molar-refractivity contribution >= 4 is 29.2 Å². The third kappa shape index (κ3) is 4.39. The van der Waals surface area contributed by atoms with Gasteiger partial charge in [-0.15, -0.1) is 0 Å². The molecule has 7 heteroatoms. The molecule has 0 spiro atoms. The summed E-state index contributed by atoms with van der Waals surface area (Å²) in [5, 5.41) is 13.7. The van der Waals surface area contributed by atoms with Crippen LogP contribution in [0, 0.1) is 0 Å². The van der Waals surface area contributed by atoms with Crippen LogP contribution in [0.2, 0.25) is 5.02 Å². The van der Waals surface area contributed by atoms with Gasteiger partial charge >= 0.3 is 0 Å². The third-order valence-corrected chi connectivity index (χ3v) is 3.47. The molecule has 1 N–H and O–H groups in total. The molecule has 2 aromatic carbocycles.